The predicted octanol–water partition coefficient (Wildman–Crippen LogP) is 4.30. The number of ether oxygens (including phenoxy) is 1. The fraction of sp³-hybridized carbons (Fsp3) is 0.120. The highest BCUT2D eigenvalue weighted by molar-refractivity contribution is 6.33. The van der Waals surface area contributed by atoms with Gasteiger partial charge in [0.15, 0.2) is 0 Å². The van der Waals surface area contributed by atoms with Crippen molar-refractivity contribution in [2.24, 2.45) is 4.99 Å². The SMILES string of the molecule is COc1ccc(C2=N/C(=C/c3ccc(N(C)C)cc3)C(=O)N2c2ccc(O)cc2)cc1. The van der Waals surface area contributed by atoms with Gasteiger partial charge < -0.3 is 14.7 Å². The maximum Gasteiger partial charge on any atom is 0.282 e. The van der Waals surface area contributed by atoms with Crippen LogP contribution in [0.4, 0.5) is 11.4 Å². The van der Waals surface area contributed by atoms with Crippen molar-refractivity contribution < 1.29 is 14.6 Å². The van der Waals surface area contributed by atoms with E-state index in [4.69, 9.17) is 4.74 Å². The van der Waals surface area contributed by atoms with Crippen LogP contribution >= 0.6 is 0 Å². The summed E-state index contributed by atoms with van der Waals surface area (Å²) in [6, 6.07) is 21.8. The second-order valence-electron chi connectivity index (χ2n) is 7.34. The second-order valence-corrected chi connectivity index (χ2v) is 7.34. The molecular weight excluding hydrogens is 390 g/mol. The first-order valence-electron chi connectivity index (χ1n) is 9.82. The van der Waals surface area contributed by atoms with Crippen molar-refractivity contribution >= 4 is 29.2 Å². The highest BCUT2D eigenvalue weighted by Gasteiger charge is 2.32. The molecule has 0 unspecified atom stereocenters. The van der Waals surface area contributed by atoms with Crippen molar-refractivity contribution in [1.29, 1.82) is 0 Å². The minimum Gasteiger partial charge on any atom is -0.508 e. The summed E-state index contributed by atoms with van der Waals surface area (Å²) in [5.74, 6) is 1.15. The molecule has 0 bridgehead atoms. The van der Waals surface area contributed by atoms with Gasteiger partial charge in [-0.1, -0.05) is 12.1 Å². The zero-order valence-electron chi connectivity index (χ0n) is 17.6. The summed E-state index contributed by atoms with van der Waals surface area (Å²) in [5, 5.41) is 9.65. The molecule has 0 aliphatic carbocycles. The van der Waals surface area contributed by atoms with Gasteiger partial charge in [0.2, 0.25) is 0 Å². The van der Waals surface area contributed by atoms with Crippen molar-refractivity contribution in [3.63, 3.8) is 0 Å². The lowest BCUT2D eigenvalue weighted by Crippen LogP contribution is -2.32. The van der Waals surface area contributed by atoms with E-state index in [1.807, 2.05) is 67.5 Å². The van der Waals surface area contributed by atoms with Crippen LogP contribution in [0.15, 0.2) is 83.5 Å². The Kier molecular flexibility index (Phi) is 5.45. The normalized spacial score (nSPS) is 14.7. The first-order chi connectivity index (χ1) is 15.0. The molecule has 0 radical (unpaired) electrons. The van der Waals surface area contributed by atoms with Gasteiger partial charge in [-0.3, -0.25) is 9.69 Å². The standard InChI is InChI=1S/C25H23N3O3/c1-27(2)19-8-4-17(5-9-19)16-23-25(30)28(20-10-12-21(29)13-11-20)24(26-23)18-6-14-22(31-3)15-7-18/h4-16,29H,1-3H3/b23-16+. The van der Waals surface area contributed by atoms with E-state index in [9.17, 15) is 9.90 Å². The van der Waals surface area contributed by atoms with E-state index in [-0.39, 0.29) is 11.7 Å². The number of phenolic OH excluding ortho intramolecular Hbond substituents is 1. The van der Waals surface area contributed by atoms with Gasteiger partial charge in [0.25, 0.3) is 5.91 Å². The maximum absolute atomic E-state index is 13.3. The lowest BCUT2D eigenvalue weighted by atomic mass is 10.1. The average Bonchev–Trinajstić information content (AvgIpc) is 3.10. The molecule has 0 saturated carbocycles. The molecule has 0 fully saturated rings. The van der Waals surface area contributed by atoms with Crippen molar-refractivity contribution in [2.75, 3.05) is 31.0 Å². The lowest BCUT2D eigenvalue weighted by molar-refractivity contribution is -0.113. The molecule has 6 nitrogen and oxygen atoms in total. The molecule has 0 atom stereocenters. The number of nitrogens with zero attached hydrogens (tertiary/aromatic N) is 3. The molecule has 1 heterocycles. The number of amidine groups is 1. The fourth-order valence-electron chi connectivity index (χ4n) is 3.32. The van der Waals surface area contributed by atoms with Gasteiger partial charge >= 0.3 is 0 Å². The largest absolute Gasteiger partial charge is 0.508 e. The Labute approximate surface area is 181 Å². The quantitative estimate of drug-likeness (QED) is 0.634. The average molecular weight is 413 g/mol. The van der Waals surface area contributed by atoms with E-state index < -0.39 is 0 Å². The molecule has 31 heavy (non-hydrogen) atoms. The summed E-state index contributed by atoms with van der Waals surface area (Å²) in [6.45, 7) is 0. The smallest absolute Gasteiger partial charge is 0.282 e. The Morgan fingerprint density at radius 3 is 2.16 bits per heavy atom. The molecule has 156 valence electrons. The number of phenols is 1. The Morgan fingerprint density at radius 2 is 1.58 bits per heavy atom. The number of amides is 1. The Hall–Kier alpha value is -4.06. The molecule has 0 aromatic heterocycles. The zero-order valence-corrected chi connectivity index (χ0v) is 17.6. The van der Waals surface area contributed by atoms with Gasteiger partial charge in [0, 0.05) is 25.3 Å². The number of carbonyl (C=O) groups excluding carboxylic acids is 1. The molecule has 3 aromatic rings. The number of hydrogen-bond acceptors (Lipinski definition) is 5. The van der Waals surface area contributed by atoms with Crippen LogP contribution in [0.25, 0.3) is 6.08 Å². The highest BCUT2D eigenvalue weighted by Crippen LogP contribution is 2.29. The van der Waals surface area contributed by atoms with Crippen LogP contribution in [0.5, 0.6) is 11.5 Å². The summed E-state index contributed by atoms with van der Waals surface area (Å²) in [7, 11) is 5.57. The van der Waals surface area contributed by atoms with Crippen LogP contribution in [0.1, 0.15) is 11.1 Å². The van der Waals surface area contributed by atoms with Crippen molar-refractivity contribution in [2.45, 2.75) is 0 Å². The van der Waals surface area contributed by atoms with E-state index >= 15 is 0 Å². The highest BCUT2D eigenvalue weighted by atomic mass is 16.5. The number of carbonyl (C=O) groups is 1. The van der Waals surface area contributed by atoms with Gasteiger partial charge in [-0.05, 0) is 72.3 Å². The maximum atomic E-state index is 13.3. The summed E-state index contributed by atoms with van der Waals surface area (Å²) >= 11 is 0. The molecule has 1 amide bonds. The molecule has 1 aliphatic heterocycles. The van der Waals surface area contributed by atoms with Crippen LogP contribution in [0, 0.1) is 0 Å². The summed E-state index contributed by atoms with van der Waals surface area (Å²) < 4.78 is 5.24. The van der Waals surface area contributed by atoms with Crippen molar-refractivity contribution in [3.05, 3.63) is 89.6 Å². The van der Waals surface area contributed by atoms with E-state index in [0.717, 1.165) is 22.6 Å². The van der Waals surface area contributed by atoms with Gasteiger partial charge in [-0.25, -0.2) is 4.99 Å². The number of benzene rings is 3. The van der Waals surface area contributed by atoms with E-state index in [2.05, 4.69) is 4.99 Å². The van der Waals surface area contributed by atoms with Crippen LogP contribution in [-0.2, 0) is 4.79 Å². The summed E-state index contributed by atoms with van der Waals surface area (Å²) in [4.78, 5) is 21.6. The lowest BCUT2D eigenvalue weighted by Gasteiger charge is -2.18. The van der Waals surface area contributed by atoms with Gasteiger partial charge in [0.1, 0.15) is 23.0 Å². The van der Waals surface area contributed by atoms with Gasteiger partial charge in [-0.15, -0.1) is 0 Å². The van der Waals surface area contributed by atoms with E-state index in [1.54, 1.807) is 42.4 Å². The van der Waals surface area contributed by atoms with Crippen LogP contribution in [-0.4, -0.2) is 38.1 Å². The number of rotatable bonds is 5. The molecule has 6 heteroatoms. The minimum absolute atomic E-state index is 0.134. The van der Waals surface area contributed by atoms with Crippen LogP contribution in [0.2, 0.25) is 0 Å². The molecule has 0 spiro atoms. The van der Waals surface area contributed by atoms with Crippen LogP contribution < -0.4 is 14.5 Å². The Bertz CT molecular complexity index is 1150. The van der Waals surface area contributed by atoms with E-state index in [1.165, 1.54) is 0 Å². The number of hydrogen-bond donors (Lipinski definition) is 1. The zero-order chi connectivity index (χ0) is 22.0. The van der Waals surface area contributed by atoms with Crippen molar-refractivity contribution in [1.82, 2.24) is 0 Å². The first kappa shape index (κ1) is 20.2. The summed E-state index contributed by atoms with van der Waals surface area (Å²) in [5.41, 5.74) is 3.72. The third-order valence-corrected chi connectivity index (χ3v) is 5.03. The Balaban J connectivity index is 1.76. The molecule has 1 aliphatic rings. The predicted molar refractivity (Wildman–Crippen MR) is 124 cm³/mol. The third kappa shape index (κ3) is 4.14. The van der Waals surface area contributed by atoms with Crippen LogP contribution in [0.3, 0.4) is 0 Å². The topological polar surface area (TPSA) is 65.4 Å². The number of aliphatic imine (C=N–C) groups is 1. The van der Waals surface area contributed by atoms with Gasteiger partial charge in [-0.2, -0.15) is 0 Å². The molecule has 0 saturated heterocycles. The Morgan fingerprint density at radius 1 is 0.935 bits per heavy atom. The fourth-order valence-corrected chi connectivity index (χ4v) is 3.32. The first-order valence-corrected chi connectivity index (χ1v) is 9.82. The van der Waals surface area contributed by atoms with E-state index in [0.29, 0.717) is 17.2 Å². The number of anilines is 2. The number of aromatic hydroxyl groups is 1. The second kappa shape index (κ2) is 8.36. The van der Waals surface area contributed by atoms with Gasteiger partial charge in [0.05, 0.1) is 12.8 Å². The third-order valence-electron chi connectivity index (χ3n) is 5.03. The van der Waals surface area contributed by atoms with Crippen molar-refractivity contribution in [3.8, 4) is 11.5 Å². The monoisotopic (exact) mass is 413 g/mol. The minimum atomic E-state index is -0.229. The molecule has 1 N–H and O–H groups in total. The molecule has 4 rings (SSSR count). The molecular formula is C25H23N3O3. The summed E-state index contributed by atoms with van der Waals surface area (Å²) in [6.07, 6.45) is 1.78. The number of methoxy groups -OCH3 is 1. The molecule has 3 aromatic carbocycles.